The summed E-state index contributed by atoms with van der Waals surface area (Å²) >= 11 is 5.82. The second-order valence-corrected chi connectivity index (χ2v) is 5.66. The van der Waals surface area contributed by atoms with Gasteiger partial charge in [0.1, 0.15) is 4.90 Å². The van der Waals surface area contributed by atoms with E-state index in [1.165, 1.54) is 24.5 Å². The lowest BCUT2D eigenvalue weighted by Gasteiger charge is -2.08. The van der Waals surface area contributed by atoms with Crippen molar-refractivity contribution in [3.63, 3.8) is 0 Å². The Kier molecular flexibility index (Phi) is 3.69. The second kappa shape index (κ2) is 5.26. The van der Waals surface area contributed by atoms with E-state index in [0.717, 1.165) is 0 Å². The van der Waals surface area contributed by atoms with Gasteiger partial charge in [0.25, 0.3) is 10.0 Å². The van der Waals surface area contributed by atoms with E-state index in [1.54, 1.807) is 18.2 Å². The van der Waals surface area contributed by atoms with Crippen molar-refractivity contribution in [2.24, 2.45) is 0 Å². The Morgan fingerprint density at radius 3 is 2.79 bits per heavy atom. The first kappa shape index (κ1) is 13.3. The Bertz CT molecular complexity index is 754. The Morgan fingerprint density at radius 2 is 2.11 bits per heavy atom. The molecule has 19 heavy (non-hydrogen) atoms. The third kappa shape index (κ3) is 3.02. The molecule has 0 saturated heterocycles. The van der Waals surface area contributed by atoms with Crippen LogP contribution in [0, 0.1) is 11.3 Å². The van der Waals surface area contributed by atoms with Gasteiger partial charge in [0.15, 0.2) is 0 Å². The summed E-state index contributed by atoms with van der Waals surface area (Å²) in [5, 5.41) is 8.85. The van der Waals surface area contributed by atoms with Gasteiger partial charge in [-0.15, -0.1) is 0 Å². The predicted octanol–water partition coefficient (Wildman–Crippen LogP) is 2.41. The third-order valence-electron chi connectivity index (χ3n) is 2.27. The lowest BCUT2D eigenvalue weighted by Crippen LogP contribution is -2.13. The van der Waals surface area contributed by atoms with Gasteiger partial charge in [-0.05, 0) is 24.3 Å². The van der Waals surface area contributed by atoms with Crippen molar-refractivity contribution in [3.8, 4) is 6.07 Å². The molecular weight excluding hydrogens is 286 g/mol. The summed E-state index contributed by atoms with van der Waals surface area (Å²) in [4.78, 5) is 3.62. The molecule has 1 N–H and O–H groups in total. The van der Waals surface area contributed by atoms with Crippen molar-refractivity contribution in [3.05, 3.63) is 53.3 Å². The number of aromatic nitrogens is 1. The van der Waals surface area contributed by atoms with Crippen LogP contribution in [0.1, 0.15) is 5.56 Å². The van der Waals surface area contributed by atoms with Crippen molar-refractivity contribution >= 4 is 27.3 Å². The molecule has 2 aromatic rings. The molecule has 0 saturated carbocycles. The van der Waals surface area contributed by atoms with Gasteiger partial charge in [-0.25, -0.2) is 8.42 Å². The number of hydrogen-bond acceptors (Lipinski definition) is 4. The normalized spacial score (nSPS) is 10.7. The number of anilines is 1. The fraction of sp³-hybridized carbons (Fsp3) is 0. The van der Waals surface area contributed by atoms with Crippen LogP contribution in [0.4, 0.5) is 5.69 Å². The van der Waals surface area contributed by atoms with Crippen LogP contribution in [0.25, 0.3) is 0 Å². The summed E-state index contributed by atoms with van der Waals surface area (Å²) in [6, 6.07) is 9.46. The molecule has 0 bridgehead atoms. The van der Waals surface area contributed by atoms with E-state index in [-0.39, 0.29) is 9.92 Å². The molecule has 7 heteroatoms. The van der Waals surface area contributed by atoms with Crippen molar-refractivity contribution in [1.29, 1.82) is 5.26 Å². The molecule has 0 atom stereocenters. The molecule has 0 unspecified atom stereocenters. The second-order valence-electron chi connectivity index (χ2n) is 3.60. The molecule has 5 nitrogen and oxygen atoms in total. The van der Waals surface area contributed by atoms with Crippen molar-refractivity contribution < 1.29 is 8.42 Å². The van der Waals surface area contributed by atoms with Gasteiger partial charge in [0.2, 0.25) is 0 Å². The summed E-state index contributed by atoms with van der Waals surface area (Å²) in [7, 11) is -3.82. The Balaban J connectivity index is 2.37. The third-order valence-corrected chi connectivity index (χ3v) is 4.12. The first-order chi connectivity index (χ1) is 9.03. The monoisotopic (exact) mass is 293 g/mol. The van der Waals surface area contributed by atoms with E-state index in [4.69, 9.17) is 16.9 Å². The molecule has 0 aliphatic carbocycles. The number of benzene rings is 1. The van der Waals surface area contributed by atoms with Crippen molar-refractivity contribution in [1.82, 2.24) is 4.98 Å². The number of pyridine rings is 1. The predicted molar refractivity (Wildman–Crippen MR) is 71.2 cm³/mol. The molecular formula is C12H8ClN3O2S. The highest BCUT2D eigenvalue weighted by atomic mass is 35.5. The summed E-state index contributed by atoms with van der Waals surface area (Å²) in [6.07, 6.45) is 2.57. The van der Waals surface area contributed by atoms with E-state index in [9.17, 15) is 8.42 Å². The molecule has 1 aromatic heterocycles. The molecule has 0 radical (unpaired) electrons. The maximum atomic E-state index is 12.1. The summed E-state index contributed by atoms with van der Waals surface area (Å²) in [6.45, 7) is 0. The molecule has 0 amide bonds. The van der Waals surface area contributed by atoms with E-state index in [2.05, 4.69) is 9.71 Å². The van der Waals surface area contributed by atoms with Gasteiger partial charge in [0, 0.05) is 12.4 Å². The van der Waals surface area contributed by atoms with Gasteiger partial charge in [-0.2, -0.15) is 5.26 Å². The lowest BCUT2D eigenvalue weighted by molar-refractivity contribution is 0.601. The highest BCUT2D eigenvalue weighted by Gasteiger charge is 2.18. The molecule has 0 fully saturated rings. The lowest BCUT2D eigenvalue weighted by atomic mass is 10.2. The number of hydrogen-bond donors (Lipinski definition) is 1. The number of nitrogens with zero attached hydrogens (tertiary/aromatic N) is 2. The van der Waals surface area contributed by atoms with Gasteiger partial charge in [-0.3, -0.25) is 9.71 Å². The van der Waals surface area contributed by atoms with Gasteiger partial charge in [-0.1, -0.05) is 17.7 Å². The first-order valence-electron chi connectivity index (χ1n) is 5.15. The van der Waals surface area contributed by atoms with Crippen molar-refractivity contribution in [2.45, 2.75) is 4.90 Å². The molecule has 0 aliphatic rings. The van der Waals surface area contributed by atoms with Crippen LogP contribution in [0.15, 0.2) is 47.6 Å². The van der Waals surface area contributed by atoms with Gasteiger partial charge in [0.05, 0.1) is 22.3 Å². The van der Waals surface area contributed by atoms with Crippen LogP contribution >= 0.6 is 11.6 Å². The molecule has 96 valence electrons. The fourth-order valence-electron chi connectivity index (χ4n) is 1.42. The minimum absolute atomic E-state index is 0.0823. The maximum absolute atomic E-state index is 12.1. The van der Waals surface area contributed by atoms with Crippen LogP contribution in [-0.4, -0.2) is 13.4 Å². The van der Waals surface area contributed by atoms with Gasteiger partial charge < -0.3 is 0 Å². The summed E-state index contributed by atoms with van der Waals surface area (Å²) in [5.74, 6) is 0. The fourth-order valence-corrected chi connectivity index (χ4v) is 2.90. The molecule has 2 rings (SSSR count). The number of nitriles is 1. The Hall–Kier alpha value is -2.10. The minimum Gasteiger partial charge on any atom is -0.279 e. The highest BCUT2D eigenvalue weighted by molar-refractivity contribution is 7.92. The smallest absolute Gasteiger partial charge is 0.264 e. The minimum atomic E-state index is -3.82. The molecule has 0 spiro atoms. The zero-order valence-corrected chi connectivity index (χ0v) is 11.1. The maximum Gasteiger partial charge on any atom is 0.264 e. The highest BCUT2D eigenvalue weighted by Crippen LogP contribution is 2.22. The number of nitrogens with one attached hydrogen (secondary N) is 1. The van der Waals surface area contributed by atoms with Crippen LogP contribution in [0.5, 0.6) is 0 Å². The zero-order valence-electron chi connectivity index (χ0n) is 9.54. The van der Waals surface area contributed by atoms with Crippen LogP contribution in [-0.2, 0) is 10.0 Å². The average Bonchev–Trinajstić information content (AvgIpc) is 2.38. The number of halogens is 1. The average molecular weight is 294 g/mol. The van der Waals surface area contributed by atoms with E-state index in [1.807, 2.05) is 6.07 Å². The first-order valence-corrected chi connectivity index (χ1v) is 7.01. The van der Waals surface area contributed by atoms with E-state index in [0.29, 0.717) is 11.3 Å². The molecule has 0 aliphatic heterocycles. The van der Waals surface area contributed by atoms with Crippen LogP contribution in [0.2, 0.25) is 5.02 Å². The number of sulfonamides is 1. The largest absolute Gasteiger partial charge is 0.279 e. The van der Waals surface area contributed by atoms with Crippen LogP contribution < -0.4 is 4.72 Å². The molecule has 1 heterocycles. The quantitative estimate of drug-likeness (QED) is 0.942. The zero-order chi connectivity index (χ0) is 13.9. The topological polar surface area (TPSA) is 82.9 Å². The van der Waals surface area contributed by atoms with E-state index < -0.39 is 10.0 Å². The summed E-state index contributed by atoms with van der Waals surface area (Å²) in [5.41, 5.74) is 0.649. The molecule has 1 aromatic carbocycles. The number of rotatable bonds is 3. The standard InChI is InChI=1S/C12H8ClN3O2S/c13-11-4-5-15-8-12(11)19(17,18)16-10-3-1-2-9(6-10)7-14/h1-6,8,16H. The SMILES string of the molecule is N#Cc1cccc(NS(=O)(=O)c2cnccc2Cl)c1. The Morgan fingerprint density at radius 1 is 1.32 bits per heavy atom. The van der Waals surface area contributed by atoms with Gasteiger partial charge >= 0.3 is 0 Å². The Labute approximate surface area is 115 Å². The van der Waals surface area contributed by atoms with Crippen molar-refractivity contribution in [2.75, 3.05) is 4.72 Å². The van der Waals surface area contributed by atoms with E-state index >= 15 is 0 Å². The summed E-state index contributed by atoms with van der Waals surface area (Å²) < 4.78 is 26.6. The van der Waals surface area contributed by atoms with Crippen LogP contribution in [0.3, 0.4) is 0 Å².